The summed E-state index contributed by atoms with van der Waals surface area (Å²) in [6.07, 6.45) is 4.28. The summed E-state index contributed by atoms with van der Waals surface area (Å²) in [4.78, 5) is 23.6. The lowest BCUT2D eigenvalue weighted by Crippen LogP contribution is -2.30. The fraction of sp³-hybridized carbons (Fsp3) is 0.393. The summed E-state index contributed by atoms with van der Waals surface area (Å²) >= 11 is 0. The number of amides is 1. The van der Waals surface area contributed by atoms with Gasteiger partial charge in [0, 0.05) is 43.0 Å². The molecule has 1 unspecified atom stereocenters. The number of rotatable bonds is 7. The quantitative estimate of drug-likeness (QED) is 0.371. The van der Waals surface area contributed by atoms with E-state index in [0.29, 0.717) is 35.5 Å². The number of carbonyl (C=O) groups is 1. The number of hydrogen-bond acceptors (Lipinski definition) is 8. The number of benzene rings is 1. The van der Waals surface area contributed by atoms with Crippen LogP contribution in [0.5, 0.6) is 11.8 Å². The van der Waals surface area contributed by atoms with Crippen LogP contribution in [0.25, 0.3) is 16.9 Å². The van der Waals surface area contributed by atoms with Crippen molar-refractivity contribution in [3.8, 4) is 29.1 Å². The summed E-state index contributed by atoms with van der Waals surface area (Å²) in [6, 6.07) is 6.73. The Labute approximate surface area is 231 Å². The molecule has 0 saturated carbocycles. The van der Waals surface area contributed by atoms with Gasteiger partial charge in [0.05, 0.1) is 24.0 Å². The van der Waals surface area contributed by atoms with Gasteiger partial charge in [-0.1, -0.05) is 20.8 Å². The van der Waals surface area contributed by atoms with Gasteiger partial charge >= 0.3 is 12.1 Å². The first-order valence-corrected chi connectivity index (χ1v) is 12.9. The molecule has 1 aromatic carbocycles. The van der Waals surface area contributed by atoms with Crippen LogP contribution in [-0.2, 0) is 19.5 Å². The Kier molecular flexibility index (Phi) is 7.16. The van der Waals surface area contributed by atoms with E-state index in [1.54, 1.807) is 12.3 Å². The van der Waals surface area contributed by atoms with Crippen molar-refractivity contribution in [1.29, 1.82) is 5.26 Å². The maximum absolute atomic E-state index is 14.8. The summed E-state index contributed by atoms with van der Waals surface area (Å²) in [6.45, 7) is 7.52. The van der Waals surface area contributed by atoms with E-state index in [1.807, 2.05) is 35.8 Å². The Bertz CT molecular complexity index is 1610. The van der Waals surface area contributed by atoms with E-state index in [-0.39, 0.29) is 29.8 Å². The molecule has 5 rings (SSSR count). The number of hydrogen-bond donors (Lipinski definition) is 1. The molecule has 3 aromatic heterocycles. The number of ether oxygens (including phenoxy) is 2. The largest absolute Gasteiger partial charge is 0.489 e. The first-order chi connectivity index (χ1) is 19.0. The Hall–Kier alpha value is -4.50. The molecule has 208 valence electrons. The fourth-order valence-corrected chi connectivity index (χ4v) is 4.61. The molecule has 1 atom stereocenters. The van der Waals surface area contributed by atoms with Crippen LogP contribution < -0.4 is 14.8 Å². The lowest BCUT2D eigenvalue weighted by atomic mass is 9.86. The summed E-state index contributed by atoms with van der Waals surface area (Å²) in [5, 5.41) is 16.5. The molecular formula is C28H31FN8O3. The van der Waals surface area contributed by atoms with Crippen molar-refractivity contribution in [3.63, 3.8) is 0 Å². The minimum atomic E-state index is -0.826. The van der Waals surface area contributed by atoms with E-state index < -0.39 is 11.9 Å². The molecule has 0 saturated heterocycles. The summed E-state index contributed by atoms with van der Waals surface area (Å²) < 4.78 is 29.6. The zero-order valence-electron chi connectivity index (χ0n) is 23.1. The lowest BCUT2D eigenvalue weighted by Gasteiger charge is -2.25. The number of nitrogens with zero attached hydrogens (tertiary/aromatic N) is 7. The molecule has 1 N–H and O–H groups in total. The SMILES string of the molecule is CN(C)CCn1nccc1-c1cnc(OC(=O)NCc2c(F)ccc3c2CC(C(C)(C)C)O3)n2cc(C#N)nc12. The average Bonchev–Trinajstić information content (AvgIpc) is 3.64. The third-order valence-electron chi connectivity index (χ3n) is 6.87. The van der Waals surface area contributed by atoms with Crippen molar-refractivity contribution in [2.45, 2.75) is 46.4 Å². The highest BCUT2D eigenvalue weighted by molar-refractivity contribution is 5.76. The highest BCUT2D eigenvalue weighted by atomic mass is 19.1. The zero-order chi connectivity index (χ0) is 28.6. The monoisotopic (exact) mass is 546 g/mol. The molecule has 1 amide bonds. The standard InChI is InChI=1S/C28H31FN8O3/c1-28(2,3)24-12-18-19(21(29)6-7-23(18)39-24)14-32-27(38)40-26-31-15-20(25-34-17(13-30)16-36(25)26)22-8-9-33-37(22)11-10-35(4)5/h6-9,15-16,24H,10-12,14H2,1-5H3,(H,32,38). The topological polar surface area (TPSA) is 123 Å². The summed E-state index contributed by atoms with van der Waals surface area (Å²) in [5.74, 6) is 0.193. The van der Waals surface area contributed by atoms with Crippen LogP contribution in [0.2, 0.25) is 0 Å². The van der Waals surface area contributed by atoms with Gasteiger partial charge in [-0.15, -0.1) is 0 Å². The lowest BCUT2D eigenvalue weighted by molar-refractivity contribution is 0.109. The van der Waals surface area contributed by atoms with Gasteiger partial charge in [-0.2, -0.15) is 10.4 Å². The Morgan fingerprint density at radius 2 is 2.12 bits per heavy atom. The minimum Gasteiger partial charge on any atom is -0.489 e. The maximum Gasteiger partial charge on any atom is 0.415 e. The third-order valence-corrected chi connectivity index (χ3v) is 6.87. The number of nitrogens with one attached hydrogen (secondary N) is 1. The smallest absolute Gasteiger partial charge is 0.415 e. The molecule has 0 radical (unpaired) electrons. The average molecular weight is 547 g/mol. The van der Waals surface area contributed by atoms with Crippen molar-refractivity contribution >= 4 is 11.7 Å². The number of halogens is 1. The molecule has 40 heavy (non-hydrogen) atoms. The second-order valence-electron chi connectivity index (χ2n) is 11.1. The van der Waals surface area contributed by atoms with E-state index in [4.69, 9.17) is 9.47 Å². The van der Waals surface area contributed by atoms with Gasteiger partial charge in [0.1, 0.15) is 23.7 Å². The molecule has 4 heterocycles. The molecule has 11 nitrogen and oxygen atoms in total. The molecule has 0 spiro atoms. The molecule has 12 heteroatoms. The van der Waals surface area contributed by atoms with Crippen LogP contribution in [-0.4, -0.2) is 61.9 Å². The predicted octanol–water partition coefficient (Wildman–Crippen LogP) is 3.80. The highest BCUT2D eigenvalue weighted by Gasteiger charge is 2.35. The van der Waals surface area contributed by atoms with Crippen LogP contribution in [0.3, 0.4) is 0 Å². The minimum absolute atomic E-state index is 0.0838. The Morgan fingerprint density at radius 1 is 1.32 bits per heavy atom. The van der Waals surface area contributed by atoms with Gasteiger partial charge in [-0.05, 0) is 37.7 Å². The Balaban J connectivity index is 1.37. The zero-order valence-corrected chi connectivity index (χ0v) is 23.1. The molecule has 0 aliphatic carbocycles. The third kappa shape index (κ3) is 5.33. The van der Waals surface area contributed by atoms with Crippen molar-refractivity contribution in [1.82, 2.24) is 34.4 Å². The molecule has 0 fully saturated rings. The second-order valence-corrected chi connectivity index (χ2v) is 11.1. The molecule has 1 aliphatic heterocycles. The molecular weight excluding hydrogens is 515 g/mol. The van der Waals surface area contributed by atoms with E-state index in [1.165, 1.54) is 22.9 Å². The van der Waals surface area contributed by atoms with Gasteiger partial charge in [-0.25, -0.2) is 19.2 Å². The molecule has 0 bridgehead atoms. The van der Waals surface area contributed by atoms with Gasteiger partial charge in [0.2, 0.25) is 0 Å². The van der Waals surface area contributed by atoms with Crippen LogP contribution in [0.4, 0.5) is 9.18 Å². The van der Waals surface area contributed by atoms with E-state index in [0.717, 1.165) is 17.8 Å². The van der Waals surface area contributed by atoms with Crippen LogP contribution in [0.15, 0.2) is 36.8 Å². The van der Waals surface area contributed by atoms with E-state index in [9.17, 15) is 14.4 Å². The van der Waals surface area contributed by atoms with Crippen molar-refractivity contribution < 1.29 is 18.7 Å². The fourth-order valence-electron chi connectivity index (χ4n) is 4.61. The highest BCUT2D eigenvalue weighted by Crippen LogP contribution is 2.39. The van der Waals surface area contributed by atoms with E-state index in [2.05, 4.69) is 41.2 Å². The van der Waals surface area contributed by atoms with Gasteiger partial charge in [0.15, 0.2) is 11.3 Å². The molecule has 4 aromatic rings. The van der Waals surface area contributed by atoms with Crippen LogP contribution >= 0.6 is 0 Å². The summed E-state index contributed by atoms with van der Waals surface area (Å²) in [7, 11) is 3.95. The number of carbonyl (C=O) groups excluding carboxylic acids is 1. The van der Waals surface area contributed by atoms with Crippen molar-refractivity contribution in [3.05, 3.63) is 59.4 Å². The van der Waals surface area contributed by atoms with Gasteiger partial charge < -0.3 is 19.7 Å². The van der Waals surface area contributed by atoms with Crippen molar-refractivity contribution in [2.24, 2.45) is 5.41 Å². The number of likely N-dealkylation sites (N-methyl/N-ethyl adjacent to an activating group) is 1. The van der Waals surface area contributed by atoms with Crippen LogP contribution in [0.1, 0.15) is 37.6 Å². The van der Waals surface area contributed by atoms with Gasteiger partial charge in [-0.3, -0.25) is 9.08 Å². The summed E-state index contributed by atoms with van der Waals surface area (Å²) in [5.41, 5.74) is 2.88. The predicted molar refractivity (Wildman–Crippen MR) is 144 cm³/mol. The Morgan fingerprint density at radius 3 is 2.85 bits per heavy atom. The van der Waals surface area contributed by atoms with Crippen molar-refractivity contribution in [2.75, 3.05) is 20.6 Å². The first-order valence-electron chi connectivity index (χ1n) is 12.9. The number of imidazole rings is 1. The van der Waals surface area contributed by atoms with Gasteiger partial charge in [0.25, 0.3) is 0 Å². The number of aromatic nitrogens is 5. The molecule has 1 aliphatic rings. The van der Waals surface area contributed by atoms with Crippen LogP contribution in [0, 0.1) is 22.6 Å². The van der Waals surface area contributed by atoms with E-state index >= 15 is 0 Å². The second kappa shape index (κ2) is 10.6. The normalized spacial score (nSPS) is 14.7. The maximum atomic E-state index is 14.8. The number of fused-ring (bicyclic) bond motifs is 2. The first kappa shape index (κ1) is 27.1. The number of nitriles is 1.